The molecule has 0 amide bonds. The fourth-order valence-electron chi connectivity index (χ4n) is 2.12. The smallest absolute Gasteiger partial charge is 0.191 e. The summed E-state index contributed by atoms with van der Waals surface area (Å²) in [6.45, 7) is 5.64. The SMILES string of the molecule is CCCCC(CC)CNC(=NC)NCc1ncccc1F.I. The van der Waals surface area contributed by atoms with E-state index < -0.39 is 0 Å². The molecule has 0 saturated heterocycles. The first kappa shape index (κ1) is 21.1. The van der Waals surface area contributed by atoms with Gasteiger partial charge >= 0.3 is 0 Å². The number of nitrogens with one attached hydrogen (secondary N) is 2. The van der Waals surface area contributed by atoms with Crippen molar-refractivity contribution in [2.45, 2.75) is 46.1 Å². The Morgan fingerprint density at radius 1 is 1.36 bits per heavy atom. The Kier molecular flexibility index (Phi) is 12.1. The van der Waals surface area contributed by atoms with E-state index in [1.54, 1.807) is 19.3 Å². The van der Waals surface area contributed by atoms with E-state index in [-0.39, 0.29) is 29.8 Å². The lowest BCUT2D eigenvalue weighted by Gasteiger charge is -2.18. The molecule has 1 rings (SSSR count). The first-order valence-electron chi connectivity index (χ1n) is 7.75. The third kappa shape index (κ3) is 7.91. The van der Waals surface area contributed by atoms with Crippen molar-refractivity contribution in [3.05, 3.63) is 29.8 Å². The average Bonchev–Trinajstić information content (AvgIpc) is 2.51. The molecule has 0 radical (unpaired) electrons. The molecule has 0 saturated carbocycles. The average molecular weight is 422 g/mol. The van der Waals surface area contributed by atoms with Gasteiger partial charge in [-0.05, 0) is 24.5 Å². The predicted octanol–water partition coefficient (Wildman–Crippen LogP) is 3.72. The van der Waals surface area contributed by atoms with Crippen LogP contribution in [0.3, 0.4) is 0 Å². The molecule has 6 heteroatoms. The summed E-state index contributed by atoms with van der Waals surface area (Å²) >= 11 is 0. The van der Waals surface area contributed by atoms with E-state index in [0.717, 1.165) is 13.0 Å². The zero-order valence-electron chi connectivity index (χ0n) is 13.7. The van der Waals surface area contributed by atoms with E-state index >= 15 is 0 Å². The molecule has 0 bridgehead atoms. The van der Waals surface area contributed by atoms with Crippen LogP contribution in [0, 0.1) is 11.7 Å². The predicted molar refractivity (Wildman–Crippen MR) is 101 cm³/mol. The summed E-state index contributed by atoms with van der Waals surface area (Å²) in [4.78, 5) is 8.18. The highest BCUT2D eigenvalue weighted by molar-refractivity contribution is 14.0. The molecule has 0 aliphatic carbocycles. The third-order valence-electron chi connectivity index (χ3n) is 3.58. The lowest BCUT2D eigenvalue weighted by atomic mass is 9.99. The number of pyridine rings is 1. The van der Waals surface area contributed by atoms with Crippen LogP contribution < -0.4 is 10.6 Å². The van der Waals surface area contributed by atoms with E-state index in [1.165, 1.54) is 25.3 Å². The molecule has 0 aliphatic rings. The van der Waals surface area contributed by atoms with E-state index in [4.69, 9.17) is 0 Å². The van der Waals surface area contributed by atoms with Crippen molar-refractivity contribution in [3.8, 4) is 0 Å². The number of unbranched alkanes of at least 4 members (excludes halogenated alkanes) is 1. The number of guanidine groups is 1. The Bertz CT molecular complexity index is 440. The number of halogens is 2. The molecule has 0 aliphatic heterocycles. The van der Waals surface area contributed by atoms with E-state index in [0.29, 0.717) is 24.1 Å². The molecular formula is C16H28FIN4. The first-order valence-corrected chi connectivity index (χ1v) is 7.75. The summed E-state index contributed by atoms with van der Waals surface area (Å²) in [6.07, 6.45) is 6.45. The number of nitrogens with zero attached hydrogens (tertiary/aromatic N) is 2. The highest BCUT2D eigenvalue weighted by atomic mass is 127. The van der Waals surface area contributed by atoms with Gasteiger partial charge in [0.05, 0.1) is 12.2 Å². The Balaban J connectivity index is 0.00000441. The Labute approximate surface area is 150 Å². The highest BCUT2D eigenvalue weighted by Crippen LogP contribution is 2.11. The normalized spacial score (nSPS) is 12.5. The van der Waals surface area contributed by atoms with Crippen LogP contribution in [0.2, 0.25) is 0 Å². The number of aliphatic imine (C=N–C) groups is 1. The van der Waals surface area contributed by atoms with Gasteiger partial charge in [0.25, 0.3) is 0 Å². The van der Waals surface area contributed by atoms with Crippen LogP contribution in [-0.4, -0.2) is 24.5 Å². The van der Waals surface area contributed by atoms with Crippen LogP contribution >= 0.6 is 24.0 Å². The van der Waals surface area contributed by atoms with Crippen molar-refractivity contribution in [1.29, 1.82) is 0 Å². The Morgan fingerprint density at radius 2 is 2.14 bits per heavy atom. The number of hydrogen-bond acceptors (Lipinski definition) is 2. The number of hydrogen-bond donors (Lipinski definition) is 2. The zero-order chi connectivity index (χ0) is 15.5. The van der Waals surface area contributed by atoms with Gasteiger partial charge in [-0.15, -0.1) is 24.0 Å². The maximum atomic E-state index is 13.5. The molecular weight excluding hydrogens is 394 g/mol. The fraction of sp³-hybridized carbons (Fsp3) is 0.625. The van der Waals surface area contributed by atoms with Crippen LogP contribution in [0.5, 0.6) is 0 Å². The van der Waals surface area contributed by atoms with Crippen molar-refractivity contribution >= 4 is 29.9 Å². The van der Waals surface area contributed by atoms with Gasteiger partial charge in [-0.1, -0.05) is 33.1 Å². The van der Waals surface area contributed by atoms with Gasteiger partial charge in [0.15, 0.2) is 5.96 Å². The topological polar surface area (TPSA) is 49.3 Å². The van der Waals surface area contributed by atoms with E-state index in [9.17, 15) is 4.39 Å². The second-order valence-corrected chi connectivity index (χ2v) is 5.16. The Hall–Kier alpha value is -0.920. The minimum atomic E-state index is -0.296. The standard InChI is InChI=1S/C16H27FN4.HI/c1-4-6-8-13(5-2)11-20-16(18-3)21-12-15-14(17)9-7-10-19-15;/h7,9-10,13H,4-6,8,11-12H2,1-3H3,(H2,18,20,21);1H. The van der Waals surface area contributed by atoms with Gasteiger partial charge in [0.1, 0.15) is 5.82 Å². The summed E-state index contributed by atoms with van der Waals surface area (Å²) in [5.41, 5.74) is 0.401. The second-order valence-electron chi connectivity index (χ2n) is 5.16. The monoisotopic (exact) mass is 422 g/mol. The molecule has 4 nitrogen and oxygen atoms in total. The maximum absolute atomic E-state index is 13.5. The van der Waals surface area contributed by atoms with Crippen molar-refractivity contribution in [2.24, 2.45) is 10.9 Å². The maximum Gasteiger partial charge on any atom is 0.191 e. The molecule has 0 aromatic carbocycles. The van der Waals surface area contributed by atoms with Crippen molar-refractivity contribution in [3.63, 3.8) is 0 Å². The van der Waals surface area contributed by atoms with Gasteiger partial charge < -0.3 is 10.6 Å². The van der Waals surface area contributed by atoms with Crippen molar-refractivity contribution in [2.75, 3.05) is 13.6 Å². The lowest BCUT2D eigenvalue weighted by Crippen LogP contribution is -2.39. The molecule has 1 atom stereocenters. The fourth-order valence-corrected chi connectivity index (χ4v) is 2.12. The van der Waals surface area contributed by atoms with Gasteiger partial charge in [-0.25, -0.2) is 4.39 Å². The quantitative estimate of drug-likeness (QED) is 0.382. The van der Waals surface area contributed by atoms with E-state index in [2.05, 4.69) is 34.5 Å². The van der Waals surface area contributed by atoms with Gasteiger partial charge in [0, 0.05) is 19.8 Å². The van der Waals surface area contributed by atoms with Crippen molar-refractivity contribution in [1.82, 2.24) is 15.6 Å². The first-order chi connectivity index (χ1) is 10.2. The van der Waals surface area contributed by atoms with Crippen LogP contribution in [-0.2, 0) is 6.54 Å². The largest absolute Gasteiger partial charge is 0.356 e. The molecule has 2 N–H and O–H groups in total. The molecule has 1 aromatic rings. The lowest BCUT2D eigenvalue weighted by molar-refractivity contribution is 0.443. The summed E-state index contributed by atoms with van der Waals surface area (Å²) in [6, 6.07) is 3.00. The summed E-state index contributed by atoms with van der Waals surface area (Å²) < 4.78 is 13.5. The third-order valence-corrected chi connectivity index (χ3v) is 3.58. The minimum Gasteiger partial charge on any atom is -0.356 e. The van der Waals surface area contributed by atoms with Crippen LogP contribution in [0.4, 0.5) is 4.39 Å². The highest BCUT2D eigenvalue weighted by Gasteiger charge is 2.08. The molecule has 22 heavy (non-hydrogen) atoms. The van der Waals surface area contributed by atoms with Crippen molar-refractivity contribution < 1.29 is 4.39 Å². The van der Waals surface area contributed by atoms with Gasteiger partial charge in [0.2, 0.25) is 0 Å². The van der Waals surface area contributed by atoms with Gasteiger partial charge in [-0.2, -0.15) is 0 Å². The van der Waals surface area contributed by atoms with Crippen LogP contribution in [0.15, 0.2) is 23.3 Å². The number of rotatable bonds is 8. The second kappa shape index (κ2) is 12.6. The molecule has 0 spiro atoms. The van der Waals surface area contributed by atoms with E-state index in [1.807, 2.05) is 0 Å². The van der Waals surface area contributed by atoms with Gasteiger partial charge in [-0.3, -0.25) is 9.98 Å². The Morgan fingerprint density at radius 3 is 2.73 bits per heavy atom. The molecule has 1 unspecified atom stereocenters. The molecule has 1 heterocycles. The van der Waals surface area contributed by atoms with Crippen LogP contribution in [0.1, 0.15) is 45.2 Å². The molecule has 1 aromatic heterocycles. The summed E-state index contributed by atoms with van der Waals surface area (Å²) in [5, 5.41) is 6.41. The molecule has 0 fully saturated rings. The minimum absolute atomic E-state index is 0. The summed E-state index contributed by atoms with van der Waals surface area (Å²) in [5.74, 6) is 1.04. The number of aromatic nitrogens is 1. The zero-order valence-corrected chi connectivity index (χ0v) is 16.1. The summed E-state index contributed by atoms with van der Waals surface area (Å²) in [7, 11) is 1.72. The molecule has 126 valence electrons. The van der Waals surface area contributed by atoms with Crippen LogP contribution in [0.25, 0.3) is 0 Å².